The van der Waals surface area contributed by atoms with Gasteiger partial charge in [-0.3, -0.25) is 0 Å². The van der Waals surface area contributed by atoms with Crippen LogP contribution in [0.25, 0.3) is 0 Å². The highest BCUT2D eigenvalue weighted by atomic mass is 19.2. The van der Waals surface area contributed by atoms with E-state index in [4.69, 9.17) is 11.0 Å². The van der Waals surface area contributed by atoms with Crippen molar-refractivity contribution in [2.75, 3.05) is 11.1 Å². The summed E-state index contributed by atoms with van der Waals surface area (Å²) in [6.07, 6.45) is 0. The lowest BCUT2D eigenvalue weighted by molar-refractivity contribution is 0.507. The van der Waals surface area contributed by atoms with Gasteiger partial charge in [-0.25, -0.2) is 8.78 Å². The van der Waals surface area contributed by atoms with Crippen molar-refractivity contribution in [3.05, 3.63) is 59.2 Å². The molecule has 0 fully saturated rings. The van der Waals surface area contributed by atoms with Crippen LogP contribution < -0.4 is 11.1 Å². The van der Waals surface area contributed by atoms with Gasteiger partial charge in [0.05, 0.1) is 11.3 Å². The number of benzene rings is 2. The van der Waals surface area contributed by atoms with Crippen molar-refractivity contribution in [1.82, 2.24) is 0 Å². The van der Waals surface area contributed by atoms with E-state index in [1.54, 1.807) is 18.2 Å². The van der Waals surface area contributed by atoms with Gasteiger partial charge < -0.3 is 11.1 Å². The fourth-order valence-corrected chi connectivity index (χ4v) is 1.66. The summed E-state index contributed by atoms with van der Waals surface area (Å²) in [5, 5.41) is 12.0. The van der Waals surface area contributed by atoms with Crippen LogP contribution in [0, 0.1) is 23.0 Å². The van der Waals surface area contributed by atoms with Crippen LogP contribution in [0.15, 0.2) is 36.4 Å². The minimum atomic E-state index is -0.892. The van der Waals surface area contributed by atoms with Crippen molar-refractivity contribution in [1.29, 1.82) is 5.26 Å². The number of hydrogen-bond donors (Lipinski definition) is 2. The zero-order valence-electron chi connectivity index (χ0n) is 9.95. The van der Waals surface area contributed by atoms with Crippen LogP contribution in [0.5, 0.6) is 0 Å². The molecule has 2 aromatic rings. The Morgan fingerprint density at radius 3 is 2.58 bits per heavy atom. The minimum Gasteiger partial charge on any atom is -0.399 e. The predicted molar refractivity (Wildman–Crippen MR) is 69.3 cm³/mol. The monoisotopic (exact) mass is 259 g/mol. The first kappa shape index (κ1) is 12.8. The van der Waals surface area contributed by atoms with Gasteiger partial charge in [-0.1, -0.05) is 6.07 Å². The summed E-state index contributed by atoms with van der Waals surface area (Å²) in [6, 6.07) is 10.6. The molecular formula is C14H11F2N3. The molecule has 0 spiro atoms. The lowest BCUT2D eigenvalue weighted by atomic mass is 10.1. The topological polar surface area (TPSA) is 61.8 Å². The average Bonchev–Trinajstić information content (AvgIpc) is 2.41. The van der Waals surface area contributed by atoms with Crippen molar-refractivity contribution in [3.63, 3.8) is 0 Å². The summed E-state index contributed by atoms with van der Waals surface area (Å²) in [6.45, 7) is 0.287. The number of nitrogens with zero attached hydrogens (tertiary/aromatic N) is 1. The second kappa shape index (κ2) is 5.36. The SMILES string of the molecule is N#Cc1cc(N)ccc1NCc1ccc(F)c(F)c1. The lowest BCUT2D eigenvalue weighted by Gasteiger charge is -2.09. The molecule has 2 rings (SSSR count). The summed E-state index contributed by atoms with van der Waals surface area (Å²) in [5.41, 5.74) is 7.66. The molecule has 0 saturated heterocycles. The molecule has 2 aromatic carbocycles. The normalized spacial score (nSPS) is 9.95. The second-order valence-corrected chi connectivity index (χ2v) is 4.02. The molecule has 3 N–H and O–H groups in total. The van der Waals surface area contributed by atoms with E-state index >= 15 is 0 Å². The molecule has 3 nitrogen and oxygen atoms in total. The van der Waals surface area contributed by atoms with Crippen LogP contribution in [-0.4, -0.2) is 0 Å². The van der Waals surface area contributed by atoms with Gasteiger partial charge in [-0.2, -0.15) is 5.26 Å². The van der Waals surface area contributed by atoms with Crippen LogP contribution in [-0.2, 0) is 6.54 Å². The highest BCUT2D eigenvalue weighted by Gasteiger charge is 2.05. The van der Waals surface area contributed by atoms with Crippen molar-refractivity contribution < 1.29 is 8.78 Å². The Balaban J connectivity index is 2.14. The van der Waals surface area contributed by atoms with Crippen molar-refractivity contribution in [2.24, 2.45) is 0 Å². The highest BCUT2D eigenvalue weighted by Crippen LogP contribution is 2.19. The first-order chi connectivity index (χ1) is 9.10. The number of nitrogen functional groups attached to an aromatic ring is 1. The number of nitriles is 1. The van der Waals surface area contributed by atoms with E-state index in [0.29, 0.717) is 22.5 Å². The molecule has 0 unspecified atom stereocenters. The third-order valence-corrected chi connectivity index (χ3v) is 2.63. The maximum atomic E-state index is 13.0. The Morgan fingerprint density at radius 1 is 1.11 bits per heavy atom. The maximum absolute atomic E-state index is 13.0. The van der Waals surface area contributed by atoms with Crippen LogP contribution in [0.3, 0.4) is 0 Å². The molecule has 0 atom stereocenters. The Kier molecular flexibility index (Phi) is 3.62. The Morgan fingerprint density at radius 2 is 1.89 bits per heavy atom. The fraction of sp³-hybridized carbons (Fsp3) is 0.0714. The van der Waals surface area contributed by atoms with E-state index < -0.39 is 11.6 Å². The van der Waals surface area contributed by atoms with E-state index in [1.807, 2.05) is 6.07 Å². The van der Waals surface area contributed by atoms with Crippen molar-refractivity contribution >= 4 is 11.4 Å². The maximum Gasteiger partial charge on any atom is 0.159 e. The van der Waals surface area contributed by atoms with Crippen molar-refractivity contribution in [3.8, 4) is 6.07 Å². The zero-order valence-corrected chi connectivity index (χ0v) is 9.95. The van der Waals surface area contributed by atoms with E-state index in [2.05, 4.69) is 5.32 Å². The second-order valence-electron chi connectivity index (χ2n) is 4.02. The van der Waals surface area contributed by atoms with Gasteiger partial charge in [0.1, 0.15) is 6.07 Å². The van der Waals surface area contributed by atoms with Gasteiger partial charge in [0.15, 0.2) is 11.6 Å². The van der Waals surface area contributed by atoms with Gasteiger partial charge in [-0.15, -0.1) is 0 Å². The fourth-order valence-electron chi connectivity index (χ4n) is 1.66. The molecule has 0 aliphatic heterocycles. The molecule has 0 aliphatic rings. The highest BCUT2D eigenvalue weighted by molar-refractivity contribution is 5.63. The molecular weight excluding hydrogens is 248 g/mol. The van der Waals surface area contributed by atoms with E-state index in [0.717, 1.165) is 12.1 Å². The predicted octanol–water partition coefficient (Wildman–Crippen LogP) is 3.03. The summed E-state index contributed by atoms with van der Waals surface area (Å²) >= 11 is 0. The third-order valence-electron chi connectivity index (χ3n) is 2.63. The number of anilines is 2. The molecule has 19 heavy (non-hydrogen) atoms. The van der Waals surface area contributed by atoms with Gasteiger partial charge in [0.25, 0.3) is 0 Å². The molecule has 0 aromatic heterocycles. The number of rotatable bonds is 3. The quantitative estimate of drug-likeness (QED) is 0.833. The number of nitrogens with one attached hydrogen (secondary N) is 1. The molecule has 5 heteroatoms. The minimum absolute atomic E-state index is 0.287. The first-order valence-electron chi connectivity index (χ1n) is 5.57. The number of hydrogen-bond acceptors (Lipinski definition) is 3. The molecule has 96 valence electrons. The summed E-state index contributed by atoms with van der Waals surface area (Å²) < 4.78 is 25.8. The molecule has 0 saturated carbocycles. The van der Waals surface area contributed by atoms with E-state index in [1.165, 1.54) is 6.07 Å². The third kappa shape index (κ3) is 2.99. The lowest BCUT2D eigenvalue weighted by Crippen LogP contribution is -2.02. The van der Waals surface area contributed by atoms with Crippen LogP contribution in [0.1, 0.15) is 11.1 Å². The molecule has 0 aliphatic carbocycles. The summed E-state index contributed by atoms with van der Waals surface area (Å²) in [7, 11) is 0. The average molecular weight is 259 g/mol. The van der Waals surface area contributed by atoms with Gasteiger partial charge in [-0.05, 0) is 35.9 Å². The zero-order chi connectivity index (χ0) is 13.8. The molecule has 0 bridgehead atoms. The van der Waals surface area contributed by atoms with Crippen LogP contribution in [0.2, 0.25) is 0 Å². The Bertz CT molecular complexity index is 648. The molecule has 0 radical (unpaired) electrons. The van der Waals surface area contributed by atoms with E-state index in [-0.39, 0.29) is 6.54 Å². The van der Waals surface area contributed by atoms with Crippen LogP contribution in [0.4, 0.5) is 20.2 Å². The Labute approximate surface area is 109 Å². The standard InChI is InChI=1S/C14H11F2N3/c15-12-3-1-9(5-13(12)16)8-19-14-4-2-11(18)6-10(14)7-17/h1-6,19H,8,18H2. The molecule has 0 heterocycles. The van der Waals surface area contributed by atoms with Crippen molar-refractivity contribution in [2.45, 2.75) is 6.54 Å². The van der Waals surface area contributed by atoms with Gasteiger partial charge >= 0.3 is 0 Å². The van der Waals surface area contributed by atoms with Gasteiger partial charge in [0, 0.05) is 12.2 Å². The van der Waals surface area contributed by atoms with Gasteiger partial charge in [0.2, 0.25) is 0 Å². The number of nitrogens with two attached hydrogens (primary N) is 1. The smallest absolute Gasteiger partial charge is 0.159 e. The first-order valence-corrected chi connectivity index (χ1v) is 5.57. The Hall–Kier alpha value is -2.61. The van der Waals surface area contributed by atoms with E-state index in [9.17, 15) is 8.78 Å². The summed E-state index contributed by atoms with van der Waals surface area (Å²) in [4.78, 5) is 0. The molecule has 0 amide bonds. The number of halogens is 2. The largest absolute Gasteiger partial charge is 0.399 e. The van der Waals surface area contributed by atoms with Crippen LogP contribution >= 0.6 is 0 Å². The summed E-state index contributed by atoms with van der Waals surface area (Å²) in [5.74, 6) is -1.77.